The van der Waals surface area contributed by atoms with Crippen LogP contribution >= 0.6 is 0 Å². The molecule has 1 aliphatic rings. The number of benzene rings is 4. The number of para-hydroxylation sites is 2. The zero-order chi connectivity index (χ0) is 24.2. The van der Waals surface area contributed by atoms with E-state index in [4.69, 9.17) is 0 Å². The number of hydrogen-bond acceptors (Lipinski definition) is 1. The van der Waals surface area contributed by atoms with E-state index in [-0.39, 0.29) is 11.5 Å². The number of aromatic nitrogens is 1. The van der Waals surface area contributed by atoms with Crippen molar-refractivity contribution >= 4 is 22.5 Å². The second-order valence-electron chi connectivity index (χ2n) is 8.55. The van der Waals surface area contributed by atoms with Crippen molar-refractivity contribution in [1.29, 1.82) is 0 Å². The molecule has 172 valence electrons. The Hall–Kier alpha value is -4.32. The summed E-state index contributed by atoms with van der Waals surface area (Å²) in [5.41, 5.74) is 4.86. The number of amides is 1. The Morgan fingerprint density at radius 2 is 1.40 bits per heavy atom. The highest BCUT2D eigenvalue weighted by atomic mass is 19.4. The average molecular weight is 468 g/mol. The maximum absolute atomic E-state index is 14.0. The number of nitrogens with zero attached hydrogens (tertiary/aromatic N) is 1. The summed E-state index contributed by atoms with van der Waals surface area (Å²) in [4.78, 5) is 19.0. The molecule has 1 aliphatic heterocycles. The van der Waals surface area contributed by atoms with Crippen LogP contribution in [0.15, 0.2) is 103 Å². The lowest BCUT2D eigenvalue weighted by Gasteiger charge is -2.39. The van der Waals surface area contributed by atoms with E-state index in [0.717, 1.165) is 45.3 Å². The van der Waals surface area contributed by atoms with Crippen molar-refractivity contribution < 1.29 is 18.0 Å². The van der Waals surface area contributed by atoms with Crippen LogP contribution in [0.5, 0.6) is 0 Å². The van der Waals surface area contributed by atoms with E-state index >= 15 is 0 Å². The largest absolute Gasteiger partial charge is 0.416 e. The molecule has 1 aromatic heterocycles. The van der Waals surface area contributed by atoms with E-state index in [9.17, 15) is 18.0 Å². The highest BCUT2D eigenvalue weighted by Gasteiger charge is 2.38. The number of nitrogens with one attached hydrogen (secondary N) is 1. The molecule has 0 saturated heterocycles. The van der Waals surface area contributed by atoms with Crippen LogP contribution in [-0.4, -0.2) is 10.9 Å². The first kappa shape index (κ1) is 21.2. The number of halogens is 3. The molecule has 1 amide bonds. The maximum atomic E-state index is 14.0. The first-order chi connectivity index (χ1) is 16.9. The third-order valence-electron chi connectivity index (χ3n) is 6.56. The zero-order valence-corrected chi connectivity index (χ0v) is 18.4. The van der Waals surface area contributed by atoms with Crippen LogP contribution in [-0.2, 0) is 6.18 Å². The van der Waals surface area contributed by atoms with Gasteiger partial charge in [0.05, 0.1) is 17.3 Å². The van der Waals surface area contributed by atoms with Crippen molar-refractivity contribution in [2.24, 2.45) is 0 Å². The Labute approximate surface area is 199 Å². The van der Waals surface area contributed by atoms with Gasteiger partial charge in [0.15, 0.2) is 0 Å². The summed E-state index contributed by atoms with van der Waals surface area (Å²) in [7, 11) is 0. The molecule has 0 fully saturated rings. The van der Waals surface area contributed by atoms with Crippen molar-refractivity contribution in [2.45, 2.75) is 12.2 Å². The highest BCUT2D eigenvalue weighted by molar-refractivity contribution is 6.11. The van der Waals surface area contributed by atoms with Crippen LogP contribution in [0.2, 0.25) is 0 Å². The van der Waals surface area contributed by atoms with Crippen LogP contribution in [0.25, 0.3) is 22.0 Å². The van der Waals surface area contributed by atoms with Crippen LogP contribution in [0.1, 0.15) is 33.1 Å². The Morgan fingerprint density at radius 3 is 2.17 bits per heavy atom. The molecule has 1 atom stereocenters. The minimum absolute atomic E-state index is 0.192. The molecule has 4 aromatic carbocycles. The number of fused-ring (bicyclic) bond motifs is 4. The van der Waals surface area contributed by atoms with Gasteiger partial charge in [0.25, 0.3) is 5.91 Å². The second-order valence-corrected chi connectivity index (χ2v) is 8.55. The Kier molecular flexibility index (Phi) is 4.78. The molecule has 1 unspecified atom stereocenters. The number of carbonyl (C=O) groups excluding carboxylic acids is 1. The number of alkyl halides is 3. The molecule has 0 aliphatic carbocycles. The van der Waals surface area contributed by atoms with E-state index in [1.54, 1.807) is 4.90 Å². The lowest BCUT2D eigenvalue weighted by molar-refractivity contribution is -0.137. The number of anilines is 1. The first-order valence-corrected chi connectivity index (χ1v) is 11.2. The zero-order valence-electron chi connectivity index (χ0n) is 18.4. The molecule has 5 aromatic rings. The molecule has 0 bridgehead atoms. The summed E-state index contributed by atoms with van der Waals surface area (Å²) in [5.74, 6) is -0.365. The molecule has 0 saturated carbocycles. The lowest BCUT2D eigenvalue weighted by atomic mass is 9.84. The normalized spacial score (nSPS) is 15.1. The van der Waals surface area contributed by atoms with Gasteiger partial charge in [-0.1, -0.05) is 60.7 Å². The fourth-order valence-corrected chi connectivity index (χ4v) is 4.96. The molecule has 2 heterocycles. The monoisotopic (exact) mass is 468 g/mol. The van der Waals surface area contributed by atoms with Crippen LogP contribution in [0, 0.1) is 0 Å². The van der Waals surface area contributed by atoms with Gasteiger partial charge in [-0.15, -0.1) is 0 Å². The van der Waals surface area contributed by atoms with Crippen molar-refractivity contribution in [2.75, 3.05) is 4.90 Å². The van der Waals surface area contributed by atoms with Crippen molar-refractivity contribution in [3.05, 3.63) is 126 Å². The van der Waals surface area contributed by atoms with E-state index in [2.05, 4.69) is 4.98 Å². The molecule has 35 heavy (non-hydrogen) atoms. The van der Waals surface area contributed by atoms with E-state index in [1.807, 2.05) is 79.0 Å². The van der Waals surface area contributed by atoms with Crippen molar-refractivity contribution in [3.8, 4) is 11.1 Å². The average Bonchev–Trinajstić information content (AvgIpc) is 3.31. The topological polar surface area (TPSA) is 36.1 Å². The van der Waals surface area contributed by atoms with Crippen molar-refractivity contribution in [3.63, 3.8) is 0 Å². The number of aromatic amines is 1. The van der Waals surface area contributed by atoms with Crippen LogP contribution < -0.4 is 4.90 Å². The van der Waals surface area contributed by atoms with Gasteiger partial charge in [-0.05, 0) is 47.5 Å². The molecular weight excluding hydrogens is 449 g/mol. The number of carbonyl (C=O) groups is 1. The Morgan fingerprint density at radius 1 is 0.743 bits per heavy atom. The molecule has 1 N–H and O–H groups in total. The predicted octanol–water partition coefficient (Wildman–Crippen LogP) is 7.60. The third kappa shape index (κ3) is 3.41. The fourth-order valence-electron chi connectivity index (χ4n) is 4.96. The predicted molar refractivity (Wildman–Crippen MR) is 130 cm³/mol. The van der Waals surface area contributed by atoms with Gasteiger partial charge in [-0.2, -0.15) is 13.2 Å². The Balaban J connectivity index is 1.57. The number of H-pyrrole nitrogens is 1. The minimum atomic E-state index is -4.47. The van der Waals surface area contributed by atoms with Gasteiger partial charge in [0, 0.05) is 33.8 Å². The first-order valence-electron chi connectivity index (χ1n) is 11.2. The summed E-state index contributed by atoms with van der Waals surface area (Å²) < 4.78 is 39.4. The lowest BCUT2D eigenvalue weighted by Crippen LogP contribution is -2.38. The van der Waals surface area contributed by atoms with Gasteiger partial charge in [0.2, 0.25) is 0 Å². The fraction of sp³-hybridized carbons (Fsp3) is 0.0690. The highest BCUT2D eigenvalue weighted by Crippen LogP contribution is 2.48. The molecule has 6 rings (SSSR count). The molecule has 3 nitrogen and oxygen atoms in total. The van der Waals surface area contributed by atoms with E-state index in [0.29, 0.717) is 5.69 Å². The van der Waals surface area contributed by atoms with Gasteiger partial charge in [-0.3, -0.25) is 9.69 Å². The SMILES string of the molecule is O=C(c1ccc(C(F)(F)F)cc1)N1c2ccccc2-c2ccccc2C1c1c[nH]c2ccccc12. The second kappa shape index (κ2) is 7.87. The summed E-state index contributed by atoms with van der Waals surface area (Å²) in [5, 5.41) is 0.983. The third-order valence-corrected chi connectivity index (χ3v) is 6.56. The summed E-state index contributed by atoms with van der Waals surface area (Å²) in [6.45, 7) is 0. The van der Waals surface area contributed by atoms with Crippen LogP contribution in [0.3, 0.4) is 0 Å². The number of hydrogen-bond donors (Lipinski definition) is 1. The minimum Gasteiger partial charge on any atom is -0.361 e. The molecule has 6 heteroatoms. The number of rotatable bonds is 2. The van der Waals surface area contributed by atoms with E-state index in [1.165, 1.54) is 12.1 Å². The molecule has 0 radical (unpaired) electrons. The van der Waals surface area contributed by atoms with Crippen LogP contribution in [0.4, 0.5) is 18.9 Å². The quantitative estimate of drug-likeness (QED) is 0.284. The summed E-state index contributed by atoms with van der Waals surface area (Å²) in [6.07, 6.45) is -2.56. The van der Waals surface area contributed by atoms with Gasteiger partial charge < -0.3 is 4.98 Å². The maximum Gasteiger partial charge on any atom is 0.416 e. The van der Waals surface area contributed by atoms with Gasteiger partial charge in [0.1, 0.15) is 0 Å². The summed E-state index contributed by atoms with van der Waals surface area (Å²) in [6, 6.07) is 27.4. The standard InChI is InChI=1S/C29H19F3N2O/c30-29(31,32)19-15-13-18(14-16-19)28(35)34-26-12-6-4-9-22(26)20-7-1-2-10-23(20)27(34)24-17-33-25-11-5-3-8-21(24)25/h1-17,27,33H. The van der Waals surface area contributed by atoms with Crippen molar-refractivity contribution in [1.82, 2.24) is 4.98 Å². The van der Waals surface area contributed by atoms with Gasteiger partial charge >= 0.3 is 6.18 Å². The Bertz CT molecular complexity index is 1570. The summed E-state index contributed by atoms with van der Waals surface area (Å²) >= 11 is 0. The van der Waals surface area contributed by atoms with Gasteiger partial charge in [-0.25, -0.2) is 0 Å². The smallest absolute Gasteiger partial charge is 0.361 e. The molecule has 0 spiro atoms. The molecular formula is C29H19F3N2O. The van der Waals surface area contributed by atoms with E-state index < -0.39 is 17.8 Å².